The number of hydrogen-bond acceptors (Lipinski definition) is 3. The van der Waals surface area contributed by atoms with Gasteiger partial charge in [-0.1, -0.05) is 31.5 Å². The predicted octanol–water partition coefficient (Wildman–Crippen LogP) is 3.18. The molecule has 0 radical (unpaired) electrons. The van der Waals surface area contributed by atoms with Crippen molar-refractivity contribution in [1.82, 2.24) is 20.5 Å². The summed E-state index contributed by atoms with van der Waals surface area (Å²) in [5, 5.41) is 7.39. The Kier molecular flexibility index (Phi) is 10.7. The van der Waals surface area contributed by atoms with Crippen molar-refractivity contribution in [3.05, 3.63) is 29.0 Å². The van der Waals surface area contributed by atoms with Gasteiger partial charge in [0.25, 0.3) is 0 Å². The van der Waals surface area contributed by atoms with E-state index in [1.807, 2.05) is 25.4 Å². The van der Waals surface area contributed by atoms with Crippen molar-refractivity contribution in [3.8, 4) is 0 Å². The maximum absolute atomic E-state index is 5.81. The van der Waals surface area contributed by atoms with Crippen molar-refractivity contribution in [1.29, 1.82) is 0 Å². The number of rotatable bonds is 7. The second-order valence-corrected chi connectivity index (χ2v) is 7.06. The van der Waals surface area contributed by atoms with E-state index >= 15 is 0 Å². The van der Waals surface area contributed by atoms with Gasteiger partial charge in [0.2, 0.25) is 0 Å². The number of nitrogens with zero attached hydrogens (tertiary/aromatic N) is 3. The Morgan fingerprint density at radius 1 is 1.28 bits per heavy atom. The van der Waals surface area contributed by atoms with Gasteiger partial charge in [0.1, 0.15) is 5.15 Å². The first kappa shape index (κ1) is 22.4. The summed E-state index contributed by atoms with van der Waals surface area (Å²) in [6.07, 6.45) is 5.36. The molecule has 1 aliphatic rings. The quantitative estimate of drug-likeness (QED) is 0.273. The van der Waals surface area contributed by atoms with E-state index in [0.29, 0.717) is 17.1 Å². The van der Waals surface area contributed by atoms with Crippen LogP contribution in [0.2, 0.25) is 5.15 Å². The molecular weight excluding hydrogens is 449 g/mol. The third kappa shape index (κ3) is 7.66. The fourth-order valence-corrected chi connectivity index (χ4v) is 3.27. The van der Waals surface area contributed by atoms with Crippen LogP contribution < -0.4 is 10.6 Å². The van der Waals surface area contributed by atoms with Gasteiger partial charge >= 0.3 is 0 Å². The van der Waals surface area contributed by atoms with Gasteiger partial charge in [0.05, 0.1) is 0 Å². The summed E-state index contributed by atoms with van der Waals surface area (Å²) in [5.74, 6) is 1.50. The fraction of sp³-hybridized carbons (Fsp3) is 0.667. The Morgan fingerprint density at radius 2 is 2.00 bits per heavy atom. The van der Waals surface area contributed by atoms with Crippen LogP contribution in [0.1, 0.15) is 32.3 Å². The lowest BCUT2D eigenvalue weighted by atomic mass is 10.0. The number of nitrogens with one attached hydrogen (secondary N) is 2. The highest BCUT2D eigenvalue weighted by Gasteiger charge is 2.24. The average Bonchev–Trinajstić information content (AvgIpc) is 3.09. The number of guanidine groups is 1. The van der Waals surface area contributed by atoms with Crippen LogP contribution in [0.5, 0.6) is 0 Å². The zero-order valence-electron chi connectivity index (χ0n) is 15.5. The van der Waals surface area contributed by atoms with Gasteiger partial charge in [0.15, 0.2) is 5.96 Å². The zero-order valence-corrected chi connectivity index (χ0v) is 18.6. The van der Waals surface area contributed by atoms with Crippen molar-refractivity contribution in [2.24, 2.45) is 10.9 Å². The van der Waals surface area contributed by atoms with Crippen LogP contribution in [0.4, 0.5) is 0 Å². The van der Waals surface area contributed by atoms with E-state index in [-0.39, 0.29) is 24.0 Å². The van der Waals surface area contributed by atoms with E-state index in [4.69, 9.17) is 11.6 Å². The molecule has 1 atom stereocenters. The third-order valence-corrected chi connectivity index (χ3v) is 4.80. The standard InChI is InChI=1S/C18H30ClN5.HI/c1-14(2)16(24-10-4-5-11-24)13-23-18(20-3)21-9-8-15-6-7-17(19)22-12-15;/h6-7,12,14,16H,4-5,8-11,13H2,1-3H3,(H2,20,21,23);1H. The number of likely N-dealkylation sites (tertiary alicyclic amines) is 1. The number of halogens is 2. The molecule has 1 aromatic heterocycles. The summed E-state index contributed by atoms with van der Waals surface area (Å²) in [6, 6.07) is 4.40. The first-order valence-electron chi connectivity index (χ1n) is 8.89. The Labute approximate surface area is 174 Å². The van der Waals surface area contributed by atoms with Gasteiger partial charge in [-0.2, -0.15) is 0 Å². The van der Waals surface area contributed by atoms with E-state index in [1.165, 1.54) is 31.5 Å². The Hall–Kier alpha value is -0.600. The second kappa shape index (κ2) is 11.9. The molecule has 5 nitrogen and oxygen atoms in total. The monoisotopic (exact) mass is 479 g/mol. The highest BCUT2D eigenvalue weighted by atomic mass is 127. The summed E-state index contributed by atoms with van der Waals surface area (Å²) in [4.78, 5) is 11.0. The number of aliphatic imine (C=N–C) groups is 1. The largest absolute Gasteiger partial charge is 0.356 e. The lowest BCUT2D eigenvalue weighted by molar-refractivity contribution is 0.192. The van der Waals surface area contributed by atoms with E-state index in [0.717, 1.165) is 25.5 Å². The second-order valence-electron chi connectivity index (χ2n) is 6.67. The van der Waals surface area contributed by atoms with Crippen molar-refractivity contribution in [2.45, 2.75) is 39.2 Å². The van der Waals surface area contributed by atoms with Crippen LogP contribution in [0.25, 0.3) is 0 Å². The molecule has 2 N–H and O–H groups in total. The minimum Gasteiger partial charge on any atom is -0.356 e. The van der Waals surface area contributed by atoms with Gasteiger partial charge in [-0.3, -0.25) is 9.89 Å². The lowest BCUT2D eigenvalue weighted by Gasteiger charge is -2.31. The summed E-state index contributed by atoms with van der Waals surface area (Å²) in [6.45, 7) is 8.79. The predicted molar refractivity (Wildman–Crippen MR) is 117 cm³/mol. The molecule has 1 fully saturated rings. The molecule has 0 amide bonds. The molecule has 1 aromatic rings. The smallest absolute Gasteiger partial charge is 0.191 e. The van der Waals surface area contributed by atoms with Crippen LogP contribution in [-0.2, 0) is 6.42 Å². The molecule has 1 unspecified atom stereocenters. The van der Waals surface area contributed by atoms with Crippen molar-refractivity contribution < 1.29 is 0 Å². The normalized spacial score (nSPS) is 16.6. The number of hydrogen-bond donors (Lipinski definition) is 2. The van der Waals surface area contributed by atoms with E-state index < -0.39 is 0 Å². The van der Waals surface area contributed by atoms with Crippen LogP contribution in [-0.4, -0.2) is 55.1 Å². The highest BCUT2D eigenvalue weighted by molar-refractivity contribution is 14.0. The number of aromatic nitrogens is 1. The molecule has 0 spiro atoms. The molecule has 142 valence electrons. The van der Waals surface area contributed by atoms with E-state index in [1.54, 1.807) is 0 Å². The summed E-state index contributed by atoms with van der Waals surface area (Å²) < 4.78 is 0. The fourth-order valence-electron chi connectivity index (χ4n) is 3.16. The molecular formula is C18H31ClIN5. The molecule has 1 saturated heterocycles. The van der Waals surface area contributed by atoms with Crippen molar-refractivity contribution >= 4 is 41.5 Å². The average molecular weight is 480 g/mol. The van der Waals surface area contributed by atoms with Crippen LogP contribution in [0.15, 0.2) is 23.3 Å². The molecule has 0 aliphatic carbocycles. The molecule has 2 rings (SSSR count). The first-order chi connectivity index (χ1) is 11.6. The first-order valence-corrected chi connectivity index (χ1v) is 9.27. The van der Waals surface area contributed by atoms with Gasteiger partial charge in [-0.25, -0.2) is 4.98 Å². The van der Waals surface area contributed by atoms with Crippen molar-refractivity contribution in [2.75, 3.05) is 33.2 Å². The molecule has 7 heteroatoms. The summed E-state index contributed by atoms with van der Waals surface area (Å²) in [5.41, 5.74) is 1.17. The summed E-state index contributed by atoms with van der Waals surface area (Å²) in [7, 11) is 1.82. The highest BCUT2D eigenvalue weighted by Crippen LogP contribution is 2.17. The van der Waals surface area contributed by atoms with Crippen LogP contribution in [0.3, 0.4) is 0 Å². The van der Waals surface area contributed by atoms with Crippen LogP contribution >= 0.6 is 35.6 Å². The minimum atomic E-state index is 0. The van der Waals surface area contributed by atoms with Gasteiger partial charge < -0.3 is 10.6 Å². The molecule has 0 bridgehead atoms. The maximum atomic E-state index is 5.81. The topological polar surface area (TPSA) is 52.6 Å². The van der Waals surface area contributed by atoms with Crippen LogP contribution in [0, 0.1) is 5.92 Å². The number of pyridine rings is 1. The van der Waals surface area contributed by atoms with E-state index in [2.05, 4.69) is 39.4 Å². The molecule has 1 aliphatic heterocycles. The SMILES string of the molecule is CN=C(NCCc1ccc(Cl)nc1)NCC(C(C)C)N1CCCC1.I. The Balaban J connectivity index is 0.00000312. The lowest BCUT2D eigenvalue weighted by Crippen LogP contribution is -2.48. The molecule has 0 aromatic carbocycles. The van der Waals surface area contributed by atoms with Gasteiger partial charge in [-0.15, -0.1) is 24.0 Å². The molecule has 2 heterocycles. The maximum Gasteiger partial charge on any atom is 0.191 e. The Morgan fingerprint density at radius 3 is 2.56 bits per heavy atom. The Bertz CT molecular complexity index is 515. The van der Waals surface area contributed by atoms with Gasteiger partial charge in [-0.05, 0) is 49.9 Å². The minimum absolute atomic E-state index is 0. The summed E-state index contributed by atoms with van der Waals surface area (Å²) >= 11 is 5.81. The van der Waals surface area contributed by atoms with E-state index in [9.17, 15) is 0 Å². The van der Waals surface area contributed by atoms with Gasteiger partial charge in [0, 0.05) is 32.4 Å². The van der Waals surface area contributed by atoms with Crippen molar-refractivity contribution in [3.63, 3.8) is 0 Å². The molecule has 0 saturated carbocycles. The zero-order chi connectivity index (χ0) is 17.4. The third-order valence-electron chi connectivity index (χ3n) is 4.58. The molecule has 25 heavy (non-hydrogen) atoms.